The van der Waals surface area contributed by atoms with Crippen molar-refractivity contribution in [2.45, 2.75) is 0 Å². The van der Waals surface area contributed by atoms with Crippen LogP contribution in [0.2, 0.25) is 0 Å². The molecule has 2 rings (SSSR count). The van der Waals surface area contributed by atoms with Crippen molar-refractivity contribution in [3.63, 3.8) is 0 Å². The van der Waals surface area contributed by atoms with E-state index < -0.39 is 0 Å². The Labute approximate surface area is 97.3 Å². The van der Waals surface area contributed by atoms with Crippen LogP contribution in [-0.4, -0.2) is 40.1 Å². The van der Waals surface area contributed by atoms with Gasteiger partial charge in [-0.15, -0.1) is 11.8 Å². The van der Waals surface area contributed by atoms with Crippen molar-refractivity contribution in [1.29, 1.82) is 0 Å². The molecule has 16 heavy (non-hydrogen) atoms. The number of hydrogen-bond acceptors (Lipinski definition) is 4. The van der Waals surface area contributed by atoms with Crippen molar-refractivity contribution < 1.29 is 14.7 Å². The molecule has 5 heteroatoms. The summed E-state index contributed by atoms with van der Waals surface area (Å²) in [5, 5.41) is 8.64. The lowest BCUT2D eigenvalue weighted by molar-refractivity contribution is 0.0684. The molecule has 2 amide bonds. The smallest absolute Gasteiger partial charge is 0.262 e. The molecule has 0 unspecified atom stereocenters. The normalized spacial score (nSPS) is 14.4. The van der Waals surface area contributed by atoms with Crippen LogP contribution in [0.3, 0.4) is 0 Å². The fraction of sp³-hybridized carbons (Fsp3) is 0.273. The summed E-state index contributed by atoms with van der Waals surface area (Å²) < 4.78 is 0. The van der Waals surface area contributed by atoms with E-state index in [0.29, 0.717) is 22.8 Å². The summed E-state index contributed by atoms with van der Waals surface area (Å²) in [5.74, 6) is 0.331. The number of fused-ring (bicyclic) bond motifs is 1. The molecule has 1 N–H and O–H groups in total. The van der Waals surface area contributed by atoms with Gasteiger partial charge in [-0.1, -0.05) is 12.1 Å². The average molecular weight is 237 g/mol. The highest BCUT2D eigenvalue weighted by atomic mass is 32.2. The van der Waals surface area contributed by atoms with E-state index in [2.05, 4.69) is 0 Å². The Bertz CT molecular complexity index is 398. The molecule has 1 heterocycles. The number of rotatable bonds is 4. The van der Waals surface area contributed by atoms with E-state index in [1.165, 1.54) is 16.7 Å². The highest BCUT2D eigenvalue weighted by Crippen LogP contribution is 2.23. The molecule has 0 aromatic heterocycles. The predicted molar refractivity (Wildman–Crippen MR) is 61.4 cm³/mol. The lowest BCUT2D eigenvalue weighted by atomic mass is 10.1. The second kappa shape index (κ2) is 4.67. The number of imide groups is 1. The molecular weight excluding hydrogens is 226 g/mol. The number of benzene rings is 1. The van der Waals surface area contributed by atoms with Gasteiger partial charge in [-0.2, -0.15) is 0 Å². The first-order valence-corrected chi connectivity index (χ1v) is 6.05. The van der Waals surface area contributed by atoms with Gasteiger partial charge in [-0.3, -0.25) is 14.5 Å². The topological polar surface area (TPSA) is 57.6 Å². The van der Waals surface area contributed by atoms with Crippen molar-refractivity contribution >= 4 is 23.6 Å². The third-order valence-corrected chi connectivity index (χ3v) is 3.25. The molecule has 1 aromatic rings. The molecule has 0 bridgehead atoms. The van der Waals surface area contributed by atoms with Gasteiger partial charge in [0.2, 0.25) is 0 Å². The van der Waals surface area contributed by atoms with Gasteiger partial charge in [0.25, 0.3) is 11.8 Å². The summed E-state index contributed by atoms with van der Waals surface area (Å²) in [6.45, 7) is 0.0494. The lowest BCUT2D eigenvalue weighted by Crippen LogP contribution is -2.29. The number of thioether (sulfide) groups is 1. The largest absolute Gasteiger partial charge is 0.396 e. The van der Waals surface area contributed by atoms with E-state index in [1.807, 2.05) is 0 Å². The standard InChI is InChI=1S/C11H11NO3S/c13-5-6-16-7-12-10(14)8-3-1-2-4-9(8)11(12)15/h1-4,13H,5-7H2. The molecule has 0 saturated heterocycles. The van der Waals surface area contributed by atoms with Crippen molar-refractivity contribution in [1.82, 2.24) is 4.90 Å². The zero-order chi connectivity index (χ0) is 11.5. The third-order valence-electron chi connectivity index (χ3n) is 2.33. The van der Waals surface area contributed by atoms with Crippen LogP contribution in [-0.2, 0) is 0 Å². The van der Waals surface area contributed by atoms with Crippen LogP contribution in [0.5, 0.6) is 0 Å². The Morgan fingerprint density at radius 1 is 1.12 bits per heavy atom. The Balaban J connectivity index is 2.15. The second-order valence-corrected chi connectivity index (χ2v) is 4.42. The van der Waals surface area contributed by atoms with Gasteiger partial charge in [0.15, 0.2) is 0 Å². The summed E-state index contributed by atoms with van der Waals surface area (Å²) in [6, 6.07) is 6.81. The van der Waals surface area contributed by atoms with E-state index in [4.69, 9.17) is 5.11 Å². The molecule has 1 aliphatic rings. The van der Waals surface area contributed by atoms with Crippen LogP contribution in [0.25, 0.3) is 0 Å². The van der Waals surface area contributed by atoms with Gasteiger partial charge >= 0.3 is 0 Å². The Kier molecular flexibility index (Phi) is 3.26. The number of aliphatic hydroxyl groups is 1. The summed E-state index contributed by atoms with van der Waals surface area (Å²) in [7, 11) is 0. The minimum Gasteiger partial charge on any atom is -0.396 e. The SMILES string of the molecule is O=C1c2ccccc2C(=O)N1CSCCO. The van der Waals surface area contributed by atoms with Crippen LogP contribution in [0, 0.1) is 0 Å². The zero-order valence-electron chi connectivity index (χ0n) is 8.55. The van der Waals surface area contributed by atoms with E-state index in [9.17, 15) is 9.59 Å². The summed E-state index contributed by atoms with van der Waals surface area (Å²) in [4.78, 5) is 24.9. The lowest BCUT2D eigenvalue weighted by Gasteiger charge is -2.12. The Hall–Kier alpha value is -1.33. The number of nitrogens with zero attached hydrogens (tertiary/aromatic N) is 1. The summed E-state index contributed by atoms with van der Waals surface area (Å²) >= 11 is 1.36. The molecule has 84 valence electrons. The van der Waals surface area contributed by atoms with Crippen LogP contribution in [0.4, 0.5) is 0 Å². The predicted octanol–water partition coefficient (Wildman–Crippen LogP) is 0.966. The van der Waals surface area contributed by atoms with Gasteiger partial charge in [0, 0.05) is 5.75 Å². The number of hydrogen-bond donors (Lipinski definition) is 1. The fourth-order valence-electron chi connectivity index (χ4n) is 1.58. The molecule has 0 saturated carbocycles. The van der Waals surface area contributed by atoms with E-state index in [1.54, 1.807) is 24.3 Å². The van der Waals surface area contributed by atoms with Gasteiger partial charge in [-0.05, 0) is 12.1 Å². The van der Waals surface area contributed by atoms with Crippen molar-refractivity contribution in [2.75, 3.05) is 18.2 Å². The van der Waals surface area contributed by atoms with Crippen LogP contribution >= 0.6 is 11.8 Å². The van der Waals surface area contributed by atoms with Crippen molar-refractivity contribution in [2.24, 2.45) is 0 Å². The number of carbonyl (C=O) groups is 2. The molecule has 0 aliphatic carbocycles. The Morgan fingerprint density at radius 3 is 2.19 bits per heavy atom. The molecule has 0 fully saturated rings. The fourth-order valence-corrected chi connectivity index (χ4v) is 2.25. The highest BCUT2D eigenvalue weighted by molar-refractivity contribution is 7.99. The first-order chi connectivity index (χ1) is 7.75. The summed E-state index contributed by atoms with van der Waals surface area (Å²) in [5.41, 5.74) is 0.939. The molecule has 1 aromatic carbocycles. The van der Waals surface area contributed by atoms with E-state index >= 15 is 0 Å². The Morgan fingerprint density at radius 2 is 1.69 bits per heavy atom. The highest BCUT2D eigenvalue weighted by Gasteiger charge is 2.34. The molecule has 4 nitrogen and oxygen atoms in total. The first kappa shape index (κ1) is 11.2. The third kappa shape index (κ3) is 1.83. The van der Waals surface area contributed by atoms with Gasteiger partial charge in [0.1, 0.15) is 0 Å². The average Bonchev–Trinajstić information content (AvgIpc) is 2.55. The van der Waals surface area contributed by atoms with Crippen molar-refractivity contribution in [3.05, 3.63) is 35.4 Å². The molecule has 0 spiro atoms. The minimum absolute atomic E-state index is 0.0494. The number of aliphatic hydroxyl groups excluding tert-OH is 1. The van der Waals surface area contributed by atoms with E-state index in [-0.39, 0.29) is 18.4 Å². The van der Waals surface area contributed by atoms with Gasteiger partial charge in [0.05, 0.1) is 23.6 Å². The van der Waals surface area contributed by atoms with E-state index in [0.717, 1.165) is 0 Å². The first-order valence-electron chi connectivity index (χ1n) is 4.89. The maximum atomic E-state index is 11.8. The molecule has 0 radical (unpaired) electrons. The number of amides is 2. The minimum atomic E-state index is -0.244. The monoisotopic (exact) mass is 237 g/mol. The van der Waals surface area contributed by atoms with Gasteiger partial charge < -0.3 is 5.11 Å². The molecular formula is C11H11NO3S. The quantitative estimate of drug-likeness (QED) is 0.626. The maximum Gasteiger partial charge on any atom is 0.262 e. The molecule has 0 atom stereocenters. The van der Waals surface area contributed by atoms with Crippen molar-refractivity contribution in [3.8, 4) is 0 Å². The van der Waals surface area contributed by atoms with Crippen LogP contribution < -0.4 is 0 Å². The maximum absolute atomic E-state index is 11.8. The summed E-state index contributed by atoms with van der Waals surface area (Å²) in [6.07, 6.45) is 0. The van der Waals surface area contributed by atoms with Crippen LogP contribution in [0.15, 0.2) is 24.3 Å². The van der Waals surface area contributed by atoms with Gasteiger partial charge in [-0.25, -0.2) is 0 Å². The zero-order valence-corrected chi connectivity index (χ0v) is 9.37. The number of carbonyl (C=O) groups excluding carboxylic acids is 2. The second-order valence-electron chi connectivity index (χ2n) is 3.34. The molecule has 1 aliphatic heterocycles. The van der Waals surface area contributed by atoms with Crippen LogP contribution in [0.1, 0.15) is 20.7 Å².